The number of carbonyl (C=O) groups excluding carboxylic acids is 1. The summed E-state index contributed by atoms with van der Waals surface area (Å²) in [5.74, 6) is 0.140. The van der Waals surface area contributed by atoms with E-state index in [-0.39, 0.29) is 17.4 Å². The third kappa shape index (κ3) is 7.27. The summed E-state index contributed by atoms with van der Waals surface area (Å²) in [6, 6.07) is 4.05. The lowest BCUT2D eigenvalue weighted by molar-refractivity contribution is -0.0512. The third-order valence-electron chi connectivity index (χ3n) is 2.84. The van der Waals surface area contributed by atoms with Gasteiger partial charge >= 0.3 is 6.61 Å². The molecule has 0 fully saturated rings. The molecule has 130 valence electrons. The second-order valence-electron chi connectivity index (χ2n) is 5.32. The summed E-state index contributed by atoms with van der Waals surface area (Å²) >= 11 is 0. The molecule has 0 bridgehead atoms. The summed E-state index contributed by atoms with van der Waals surface area (Å²) in [5.41, 5.74) is 0.312. The zero-order valence-electron chi connectivity index (χ0n) is 13.6. The average molecular weight is 331 g/mol. The Kier molecular flexibility index (Phi) is 8.32. The van der Waals surface area contributed by atoms with Gasteiger partial charge in [0.2, 0.25) is 0 Å². The van der Waals surface area contributed by atoms with Crippen molar-refractivity contribution in [2.45, 2.75) is 26.9 Å². The lowest BCUT2D eigenvalue weighted by Crippen LogP contribution is -2.25. The Balaban J connectivity index is 2.47. The van der Waals surface area contributed by atoms with Crippen LogP contribution in [0.3, 0.4) is 0 Å². The molecule has 1 aromatic carbocycles. The second kappa shape index (κ2) is 9.99. The normalized spacial score (nSPS) is 10.9. The molecule has 0 radical (unpaired) electrons. The fourth-order valence-corrected chi connectivity index (χ4v) is 1.80. The Morgan fingerprint density at radius 2 is 2.00 bits per heavy atom. The van der Waals surface area contributed by atoms with Crippen molar-refractivity contribution < 1.29 is 27.8 Å². The fourth-order valence-electron chi connectivity index (χ4n) is 1.80. The Hall–Kier alpha value is -1.89. The van der Waals surface area contributed by atoms with E-state index in [0.717, 1.165) is 0 Å². The standard InChI is InChI=1S/C16H23F2NO4/c1-11(2)10-22-8-4-7-19-15(20)12-5-6-13(23-16(17)18)14(9-12)21-3/h5-6,9,11,16H,4,7-8,10H2,1-3H3,(H,19,20). The van der Waals surface area contributed by atoms with Crippen LogP contribution in [0.4, 0.5) is 8.78 Å². The Labute approximate surface area is 134 Å². The summed E-state index contributed by atoms with van der Waals surface area (Å²) in [5, 5.41) is 2.74. The van der Waals surface area contributed by atoms with Gasteiger partial charge in [0.25, 0.3) is 5.91 Å². The highest BCUT2D eigenvalue weighted by Gasteiger charge is 2.13. The van der Waals surface area contributed by atoms with Gasteiger partial charge in [0.1, 0.15) is 0 Å². The molecule has 0 spiro atoms. The van der Waals surface area contributed by atoms with Gasteiger partial charge in [-0.15, -0.1) is 0 Å². The Bertz CT molecular complexity index is 495. The number of benzene rings is 1. The Morgan fingerprint density at radius 3 is 2.61 bits per heavy atom. The minimum absolute atomic E-state index is 0.0817. The highest BCUT2D eigenvalue weighted by molar-refractivity contribution is 5.94. The summed E-state index contributed by atoms with van der Waals surface area (Å²) in [4.78, 5) is 12.0. The lowest BCUT2D eigenvalue weighted by atomic mass is 10.2. The Morgan fingerprint density at radius 1 is 1.26 bits per heavy atom. The number of nitrogens with one attached hydrogen (secondary N) is 1. The predicted octanol–water partition coefficient (Wildman–Crippen LogP) is 3.09. The maximum atomic E-state index is 12.2. The van der Waals surface area contributed by atoms with Crippen LogP contribution in [0.2, 0.25) is 0 Å². The van der Waals surface area contributed by atoms with Crippen LogP contribution < -0.4 is 14.8 Å². The fraction of sp³-hybridized carbons (Fsp3) is 0.562. The van der Waals surface area contributed by atoms with E-state index in [1.54, 1.807) is 0 Å². The molecule has 0 heterocycles. The van der Waals surface area contributed by atoms with E-state index in [4.69, 9.17) is 9.47 Å². The first-order valence-electron chi connectivity index (χ1n) is 7.42. The number of halogens is 2. The number of methoxy groups -OCH3 is 1. The van der Waals surface area contributed by atoms with Crippen molar-refractivity contribution in [2.24, 2.45) is 5.92 Å². The molecule has 7 heteroatoms. The molecule has 0 aliphatic rings. The summed E-state index contributed by atoms with van der Waals surface area (Å²) in [6.07, 6.45) is 0.697. The highest BCUT2D eigenvalue weighted by atomic mass is 19.3. The quantitative estimate of drug-likeness (QED) is 0.670. The van der Waals surface area contributed by atoms with Gasteiger partial charge in [0, 0.05) is 25.3 Å². The van der Waals surface area contributed by atoms with Crippen molar-refractivity contribution in [3.8, 4) is 11.5 Å². The van der Waals surface area contributed by atoms with Crippen molar-refractivity contribution in [1.29, 1.82) is 0 Å². The van der Waals surface area contributed by atoms with Crippen molar-refractivity contribution >= 4 is 5.91 Å². The summed E-state index contributed by atoms with van der Waals surface area (Å²) in [7, 11) is 1.32. The van der Waals surface area contributed by atoms with E-state index in [0.29, 0.717) is 37.7 Å². The molecule has 0 atom stereocenters. The number of ether oxygens (including phenoxy) is 3. The molecule has 1 aromatic rings. The number of carbonyl (C=O) groups is 1. The van der Waals surface area contributed by atoms with Gasteiger partial charge in [0.15, 0.2) is 11.5 Å². The molecular weight excluding hydrogens is 308 g/mol. The molecule has 0 aliphatic carbocycles. The van der Waals surface area contributed by atoms with E-state index < -0.39 is 6.61 Å². The number of alkyl halides is 2. The van der Waals surface area contributed by atoms with Gasteiger partial charge in [-0.05, 0) is 30.5 Å². The van der Waals surface area contributed by atoms with Crippen LogP contribution in [0, 0.1) is 5.92 Å². The molecule has 0 aliphatic heterocycles. The van der Waals surface area contributed by atoms with Gasteiger partial charge in [-0.2, -0.15) is 8.78 Å². The molecule has 0 saturated carbocycles. The summed E-state index contributed by atoms with van der Waals surface area (Å²) in [6.45, 7) is 2.91. The average Bonchev–Trinajstić information content (AvgIpc) is 2.50. The zero-order valence-corrected chi connectivity index (χ0v) is 13.6. The second-order valence-corrected chi connectivity index (χ2v) is 5.32. The van der Waals surface area contributed by atoms with Crippen LogP contribution in [-0.2, 0) is 4.74 Å². The van der Waals surface area contributed by atoms with E-state index in [1.807, 2.05) is 0 Å². The molecule has 1 N–H and O–H groups in total. The number of hydrogen-bond donors (Lipinski definition) is 1. The first-order valence-corrected chi connectivity index (χ1v) is 7.42. The smallest absolute Gasteiger partial charge is 0.387 e. The molecule has 0 saturated heterocycles. The van der Waals surface area contributed by atoms with Crippen molar-refractivity contribution in [3.05, 3.63) is 23.8 Å². The minimum atomic E-state index is -2.95. The lowest BCUT2D eigenvalue weighted by Gasteiger charge is -2.12. The summed E-state index contributed by atoms with van der Waals surface area (Å²) < 4.78 is 39.2. The molecule has 5 nitrogen and oxygen atoms in total. The van der Waals surface area contributed by atoms with Crippen LogP contribution in [0.1, 0.15) is 30.6 Å². The van der Waals surface area contributed by atoms with Crippen LogP contribution in [0.15, 0.2) is 18.2 Å². The van der Waals surface area contributed by atoms with Gasteiger partial charge in [0.05, 0.1) is 7.11 Å². The largest absolute Gasteiger partial charge is 0.493 e. The van der Waals surface area contributed by atoms with Crippen LogP contribution in [-0.4, -0.2) is 39.4 Å². The van der Waals surface area contributed by atoms with Crippen LogP contribution in [0.25, 0.3) is 0 Å². The van der Waals surface area contributed by atoms with Crippen LogP contribution >= 0.6 is 0 Å². The number of amides is 1. The monoisotopic (exact) mass is 331 g/mol. The third-order valence-corrected chi connectivity index (χ3v) is 2.84. The molecule has 1 rings (SSSR count). The molecular formula is C16H23F2NO4. The molecule has 23 heavy (non-hydrogen) atoms. The van der Waals surface area contributed by atoms with E-state index in [9.17, 15) is 13.6 Å². The maximum Gasteiger partial charge on any atom is 0.387 e. The first kappa shape index (κ1) is 19.2. The molecule has 0 unspecified atom stereocenters. The zero-order chi connectivity index (χ0) is 17.2. The number of hydrogen-bond acceptors (Lipinski definition) is 4. The van der Waals surface area contributed by atoms with Gasteiger partial charge in [-0.1, -0.05) is 13.8 Å². The SMILES string of the molecule is COc1cc(C(=O)NCCCOCC(C)C)ccc1OC(F)F. The van der Waals surface area contributed by atoms with Gasteiger partial charge in [-0.3, -0.25) is 4.79 Å². The minimum Gasteiger partial charge on any atom is -0.493 e. The van der Waals surface area contributed by atoms with E-state index >= 15 is 0 Å². The van der Waals surface area contributed by atoms with Crippen molar-refractivity contribution in [1.82, 2.24) is 5.32 Å². The molecule has 0 aromatic heterocycles. The van der Waals surface area contributed by atoms with Gasteiger partial charge < -0.3 is 19.5 Å². The molecule has 1 amide bonds. The predicted molar refractivity (Wildman–Crippen MR) is 82.2 cm³/mol. The maximum absolute atomic E-state index is 12.2. The first-order chi connectivity index (χ1) is 10.9. The van der Waals surface area contributed by atoms with Crippen molar-refractivity contribution in [3.63, 3.8) is 0 Å². The van der Waals surface area contributed by atoms with Crippen molar-refractivity contribution in [2.75, 3.05) is 26.9 Å². The topological polar surface area (TPSA) is 56.8 Å². The van der Waals surface area contributed by atoms with Crippen LogP contribution in [0.5, 0.6) is 11.5 Å². The van der Waals surface area contributed by atoms with Gasteiger partial charge in [-0.25, -0.2) is 0 Å². The van der Waals surface area contributed by atoms with E-state index in [1.165, 1.54) is 25.3 Å². The van der Waals surface area contributed by atoms with E-state index in [2.05, 4.69) is 23.9 Å². The number of rotatable bonds is 10. The highest BCUT2D eigenvalue weighted by Crippen LogP contribution is 2.29.